The number of anilines is 1. The van der Waals surface area contributed by atoms with Crippen LogP contribution in [0.4, 0.5) is 5.69 Å². The Hall–Kier alpha value is -0.810. The van der Waals surface area contributed by atoms with Crippen molar-refractivity contribution in [3.8, 4) is 0 Å². The monoisotopic (exact) mass is 316 g/mol. The number of carbonyl (C=O) groups is 1. The van der Waals surface area contributed by atoms with Crippen LogP contribution in [0.1, 0.15) is 12.8 Å². The summed E-state index contributed by atoms with van der Waals surface area (Å²) < 4.78 is 5.25. The maximum Gasteiger partial charge on any atom is 0.233 e. The van der Waals surface area contributed by atoms with Gasteiger partial charge in [0, 0.05) is 12.1 Å². The van der Waals surface area contributed by atoms with Crippen LogP contribution in [0.5, 0.6) is 0 Å². The molecule has 1 amide bonds. The van der Waals surface area contributed by atoms with Gasteiger partial charge in [0.2, 0.25) is 5.91 Å². The number of ether oxygens (including phenoxy) is 1. The summed E-state index contributed by atoms with van der Waals surface area (Å²) in [7, 11) is 1.62. The van der Waals surface area contributed by atoms with Gasteiger partial charge >= 0.3 is 0 Å². The summed E-state index contributed by atoms with van der Waals surface area (Å²) in [4.78, 5) is 12.6. The number of amides is 1. The first-order valence-corrected chi connectivity index (χ1v) is 7.29. The molecule has 0 aliphatic carbocycles. The Labute approximate surface area is 128 Å². The first-order chi connectivity index (χ1) is 9.57. The van der Waals surface area contributed by atoms with Gasteiger partial charge in [-0.05, 0) is 44.1 Å². The van der Waals surface area contributed by atoms with Gasteiger partial charge in [-0.25, -0.2) is 0 Å². The molecule has 0 saturated carbocycles. The van der Waals surface area contributed by atoms with E-state index in [4.69, 9.17) is 27.9 Å². The number of methoxy groups -OCH3 is 1. The first kappa shape index (κ1) is 15.6. The third-order valence-electron chi connectivity index (χ3n) is 3.64. The normalized spacial score (nSPS) is 17.8. The van der Waals surface area contributed by atoms with Gasteiger partial charge in [-0.2, -0.15) is 0 Å². The highest BCUT2D eigenvalue weighted by Gasteiger charge is 2.39. The van der Waals surface area contributed by atoms with Crippen molar-refractivity contribution in [2.24, 2.45) is 5.41 Å². The summed E-state index contributed by atoms with van der Waals surface area (Å²) in [6.07, 6.45) is 1.50. The van der Waals surface area contributed by atoms with Crippen LogP contribution in [-0.4, -0.2) is 32.7 Å². The van der Waals surface area contributed by atoms with Crippen molar-refractivity contribution in [3.63, 3.8) is 0 Å². The maximum atomic E-state index is 12.6. The lowest BCUT2D eigenvalue weighted by Crippen LogP contribution is -2.47. The van der Waals surface area contributed by atoms with E-state index < -0.39 is 5.41 Å². The smallest absolute Gasteiger partial charge is 0.233 e. The Morgan fingerprint density at radius 3 is 2.70 bits per heavy atom. The quantitative estimate of drug-likeness (QED) is 0.898. The summed E-state index contributed by atoms with van der Waals surface area (Å²) >= 11 is 11.9. The molecule has 2 N–H and O–H groups in total. The zero-order chi connectivity index (χ0) is 14.6. The molecular weight excluding hydrogens is 299 g/mol. The van der Waals surface area contributed by atoms with Crippen molar-refractivity contribution in [1.82, 2.24) is 5.32 Å². The number of piperidine rings is 1. The minimum absolute atomic E-state index is 0.0509. The molecule has 1 aliphatic rings. The summed E-state index contributed by atoms with van der Waals surface area (Å²) in [5, 5.41) is 7.13. The van der Waals surface area contributed by atoms with Crippen LogP contribution in [0, 0.1) is 5.41 Å². The number of halogens is 2. The van der Waals surface area contributed by atoms with Crippen LogP contribution >= 0.6 is 23.2 Å². The molecule has 0 unspecified atom stereocenters. The zero-order valence-corrected chi connectivity index (χ0v) is 12.9. The fraction of sp³-hybridized carbons (Fsp3) is 0.500. The molecule has 1 saturated heterocycles. The summed E-state index contributed by atoms with van der Waals surface area (Å²) in [5.41, 5.74) is 0.0817. The molecule has 0 bridgehead atoms. The molecule has 0 spiro atoms. The lowest BCUT2D eigenvalue weighted by molar-refractivity contribution is -0.130. The van der Waals surface area contributed by atoms with E-state index in [1.165, 1.54) is 0 Å². The third kappa shape index (κ3) is 3.44. The molecule has 110 valence electrons. The van der Waals surface area contributed by atoms with E-state index in [0.29, 0.717) is 22.3 Å². The highest BCUT2D eigenvalue weighted by atomic mass is 35.5. The van der Waals surface area contributed by atoms with Gasteiger partial charge in [0.15, 0.2) is 0 Å². The van der Waals surface area contributed by atoms with Crippen LogP contribution in [0.3, 0.4) is 0 Å². The van der Waals surface area contributed by atoms with Crippen molar-refractivity contribution >= 4 is 34.8 Å². The number of hydrogen-bond acceptors (Lipinski definition) is 3. The number of rotatable bonds is 4. The van der Waals surface area contributed by atoms with Crippen LogP contribution in [0.25, 0.3) is 0 Å². The van der Waals surface area contributed by atoms with E-state index in [0.717, 1.165) is 25.9 Å². The molecule has 0 atom stereocenters. The van der Waals surface area contributed by atoms with E-state index in [1.54, 1.807) is 25.3 Å². The Bertz CT molecular complexity index is 483. The molecular formula is C14H18Cl2N2O2. The topological polar surface area (TPSA) is 50.4 Å². The number of benzene rings is 1. The molecule has 2 rings (SSSR count). The van der Waals surface area contributed by atoms with Crippen LogP contribution in [0.2, 0.25) is 10.0 Å². The number of carbonyl (C=O) groups excluding carboxylic acids is 1. The van der Waals surface area contributed by atoms with Crippen molar-refractivity contribution < 1.29 is 9.53 Å². The van der Waals surface area contributed by atoms with Crippen molar-refractivity contribution in [2.45, 2.75) is 12.8 Å². The largest absolute Gasteiger partial charge is 0.384 e. The Kier molecular flexibility index (Phi) is 5.27. The Balaban J connectivity index is 2.15. The summed E-state index contributed by atoms with van der Waals surface area (Å²) in [5.74, 6) is -0.0509. The van der Waals surface area contributed by atoms with E-state index in [-0.39, 0.29) is 5.91 Å². The maximum absolute atomic E-state index is 12.6. The lowest BCUT2D eigenvalue weighted by atomic mass is 9.78. The summed E-state index contributed by atoms with van der Waals surface area (Å²) in [6.45, 7) is 2.03. The fourth-order valence-electron chi connectivity index (χ4n) is 2.46. The zero-order valence-electron chi connectivity index (χ0n) is 11.3. The molecule has 1 aromatic rings. The second-order valence-corrected chi connectivity index (χ2v) is 5.89. The van der Waals surface area contributed by atoms with Crippen molar-refractivity contribution in [2.75, 3.05) is 32.1 Å². The highest BCUT2D eigenvalue weighted by Crippen LogP contribution is 2.33. The molecule has 4 nitrogen and oxygen atoms in total. The first-order valence-electron chi connectivity index (χ1n) is 6.53. The van der Waals surface area contributed by atoms with E-state index >= 15 is 0 Å². The van der Waals surface area contributed by atoms with Crippen molar-refractivity contribution in [1.29, 1.82) is 0 Å². The van der Waals surface area contributed by atoms with Crippen LogP contribution < -0.4 is 10.6 Å². The fourth-order valence-corrected chi connectivity index (χ4v) is 2.92. The number of hydrogen-bond donors (Lipinski definition) is 2. The van der Waals surface area contributed by atoms with Crippen molar-refractivity contribution in [3.05, 3.63) is 28.2 Å². The van der Waals surface area contributed by atoms with E-state index in [9.17, 15) is 4.79 Å². The third-order valence-corrected chi connectivity index (χ3v) is 4.19. The van der Waals surface area contributed by atoms with E-state index in [2.05, 4.69) is 10.6 Å². The molecule has 6 heteroatoms. The minimum atomic E-state index is -0.497. The highest BCUT2D eigenvalue weighted by molar-refractivity contribution is 6.36. The average Bonchev–Trinajstić information content (AvgIpc) is 2.43. The Morgan fingerprint density at radius 2 is 2.10 bits per heavy atom. The molecule has 1 aliphatic heterocycles. The molecule has 0 aromatic heterocycles. The minimum Gasteiger partial charge on any atom is -0.384 e. The average molecular weight is 317 g/mol. The predicted molar refractivity (Wildman–Crippen MR) is 81.5 cm³/mol. The second-order valence-electron chi connectivity index (χ2n) is 5.04. The molecule has 1 heterocycles. The Morgan fingerprint density at radius 1 is 1.40 bits per heavy atom. The molecule has 0 radical (unpaired) electrons. The SMILES string of the molecule is COCC1(C(=O)Nc2ccc(Cl)cc2Cl)CCNCC1. The van der Waals surface area contributed by atoms with E-state index in [1.807, 2.05) is 0 Å². The van der Waals surface area contributed by atoms with Gasteiger partial charge in [-0.15, -0.1) is 0 Å². The molecule has 20 heavy (non-hydrogen) atoms. The number of nitrogens with one attached hydrogen (secondary N) is 2. The predicted octanol–water partition coefficient (Wildman–Crippen LogP) is 2.95. The van der Waals surface area contributed by atoms with Gasteiger partial charge < -0.3 is 15.4 Å². The second kappa shape index (κ2) is 6.76. The van der Waals surface area contributed by atoms with Gasteiger partial charge in [0.1, 0.15) is 0 Å². The standard InChI is InChI=1S/C14H18Cl2N2O2/c1-20-9-14(4-6-17-7-5-14)13(19)18-12-3-2-10(15)8-11(12)16/h2-3,8,17H,4-7,9H2,1H3,(H,18,19). The van der Waals surface area contributed by atoms with Gasteiger partial charge in [0.25, 0.3) is 0 Å². The van der Waals surface area contributed by atoms with Crippen LogP contribution in [-0.2, 0) is 9.53 Å². The van der Waals surface area contributed by atoms with Gasteiger partial charge in [-0.3, -0.25) is 4.79 Å². The summed E-state index contributed by atoms with van der Waals surface area (Å²) in [6, 6.07) is 5.03. The van der Waals surface area contributed by atoms with Gasteiger partial charge in [0.05, 0.1) is 22.7 Å². The molecule has 1 aromatic carbocycles. The van der Waals surface area contributed by atoms with Crippen LogP contribution in [0.15, 0.2) is 18.2 Å². The molecule has 1 fully saturated rings. The lowest BCUT2D eigenvalue weighted by Gasteiger charge is -2.35. The van der Waals surface area contributed by atoms with Gasteiger partial charge in [-0.1, -0.05) is 23.2 Å².